The number of nitrogens with zero attached hydrogens (tertiary/aromatic N) is 1. The van der Waals surface area contributed by atoms with E-state index in [0.717, 1.165) is 37.7 Å². The molecule has 2 atom stereocenters. The Morgan fingerprint density at radius 3 is 2.82 bits per heavy atom. The van der Waals surface area contributed by atoms with Gasteiger partial charge in [-0.3, -0.25) is 9.59 Å². The van der Waals surface area contributed by atoms with E-state index >= 15 is 0 Å². The van der Waals surface area contributed by atoms with Gasteiger partial charge in [-0.1, -0.05) is 48.7 Å². The van der Waals surface area contributed by atoms with Gasteiger partial charge in [0.05, 0.1) is 12.1 Å². The van der Waals surface area contributed by atoms with Crippen LogP contribution in [-0.4, -0.2) is 45.7 Å². The van der Waals surface area contributed by atoms with Crippen molar-refractivity contribution in [1.82, 2.24) is 4.90 Å². The third kappa shape index (κ3) is 8.03. The Morgan fingerprint density at radius 1 is 1.29 bits per heavy atom. The second-order valence-corrected chi connectivity index (χ2v) is 7.83. The number of rotatable bonds is 11. The number of carboxylic acids is 1. The molecule has 28 heavy (non-hydrogen) atoms. The molecule has 1 aliphatic heterocycles. The lowest BCUT2D eigenvalue weighted by Crippen LogP contribution is -2.43. The summed E-state index contributed by atoms with van der Waals surface area (Å²) in [6.07, 6.45) is 9.52. The number of aliphatic hydroxyl groups is 1. The average molecular weight is 408 g/mol. The van der Waals surface area contributed by atoms with E-state index in [1.54, 1.807) is 12.1 Å². The Balaban J connectivity index is 1.82. The van der Waals surface area contributed by atoms with Crippen LogP contribution in [0.2, 0.25) is 5.02 Å². The third-order valence-corrected chi connectivity index (χ3v) is 5.28. The van der Waals surface area contributed by atoms with Crippen LogP contribution in [0, 0.1) is 0 Å². The molecule has 2 N–H and O–H groups in total. The van der Waals surface area contributed by atoms with Gasteiger partial charge in [0.1, 0.15) is 0 Å². The molecule has 1 amide bonds. The molecule has 0 radical (unpaired) electrons. The van der Waals surface area contributed by atoms with Crippen LogP contribution in [0.25, 0.3) is 0 Å². The molecule has 0 spiro atoms. The zero-order valence-corrected chi connectivity index (χ0v) is 17.0. The number of carboxylic acid groups (broad SMARTS) is 1. The highest BCUT2D eigenvalue weighted by molar-refractivity contribution is 6.30. The van der Waals surface area contributed by atoms with Crippen molar-refractivity contribution in [2.45, 2.75) is 69.9 Å². The Morgan fingerprint density at radius 2 is 2.07 bits per heavy atom. The van der Waals surface area contributed by atoms with Crippen LogP contribution in [-0.2, 0) is 16.0 Å². The van der Waals surface area contributed by atoms with E-state index in [1.165, 1.54) is 0 Å². The summed E-state index contributed by atoms with van der Waals surface area (Å²) in [6, 6.07) is 7.48. The van der Waals surface area contributed by atoms with E-state index in [4.69, 9.17) is 16.7 Å². The van der Waals surface area contributed by atoms with Gasteiger partial charge in [0.2, 0.25) is 5.91 Å². The van der Waals surface area contributed by atoms with Crippen molar-refractivity contribution in [3.05, 3.63) is 47.0 Å². The van der Waals surface area contributed by atoms with Crippen LogP contribution in [0.5, 0.6) is 0 Å². The first-order valence-electron chi connectivity index (χ1n) is 10.1. The van der Waals surface area contributed by atoms with Gasteiger partial charge >= 0.3 is 5.97 Å². The zero-order valence-electron chi connectivity index (χ0n) is 16.2. The molecule has 0 aliphatic carbocycles. The lowest BCUT2D eigenvalue weighted by atomic mass is 9.99. The number of benzene rings is 1. The highest BCUT2D eigenvalue weighted by Gasteiger charge is 2.25. The fourth-order valence-electron chi connectivity index (χ4n) is 3.58. The molecule has 0 bridgehead atoms. The van der Waals surface area contributed by atoms with Gasteiger partial charge in [0.15, 0.2) is 0 Å². The highest BCUT2D eigenvalue weighted by Crippen LogP contribution is 2.21. The lowest BCUT2D eigenvalue weighted by Gasteiger charge is -2.34. The molecule has 0 saturated carbocycles. The quantitative estimate of drug-likeness (QED) is 0.425. The Hall–Kier alpha value is -1.85. The minimum atomic E-state index is -0.757. The predicted octanol–water partition coefficient (Wildman–Crippen LogP) is 4.22. The number of hydrogen-bond acceptors (Lipinski definition) is 3. The van der Waals surface area contributed by atoms with Gasteiger partial charge in [-0.2, -0.15) is 0 Å². The van der Waals surface area contributed by atoms with Crippen LogP contribution < -0.4 is 0 Å². The molecule has 1 fully saturated rings. The van der Waals surface area contributed by atoms with Crippen molar-refractivity contribution in [2.24, 2.45) is 0 Å². The van der Waals surface area contributed by atoms with Crippen LogP contribution in [0.4, 0.5) is 0 Å². The topological polar surface area (TPSA) is 77.8 Å². The minimum Gasteiger partial charge on any atom is -0.481 e. The number of aliphatic hydroxyl groups excluding tert-OH is 1. The molecule has 1 aliphatic rings. The molecule has 6 heteroatoms. The summed E-state index contributed by atoms with van der Waals surface area (Å²) in [7, 11) is 0. The second kappa shape index (κ2) is 11.9. The first kappa shape index (κ1) is 22.4. The summed E-state index contributed by atoms with van der Waals surface area (Å²) in [5, 5.41) is 19.6. The van der Waals surface area contributed by atoms with E-state index < -0.39 is 12.1 Å². The SMILES string of the molecule is O=C(O)CCCCCCN1C(=O)CCC[C@@H]1C=CC(O)Cc1cccc(Cl)c1. The summed E-state index contributed by atoms with van der Waals surface area (Å²) in [4.78, 5) is 24.8. The molecule has 1 saturated heterocycles. The molecule has 0 aromatic heterocycles. The standard InChI is InChI=1S/C22H30ClNO4/c23-18-8-5-7-17(15-18)16-20(25)13-12-19-9-6-10-21(26)24(19)14-4-2-1-3-11-22(27)28/h5,7-8,12-13,15,19-20,25H,1-4,6,9-11,14,16H2,(H,27,28)/t19-,20?/m1/s1. The van der Waals surface area contributed by atoms with Crippen molar-refractivity contribution >= 4 is 23.5 Å². The predicted molar refractivity (Wildman–Crippen MR) is 110 cm³/mol. The summed E-state index contributed by atoms with van der Waals surface area (Å²) in [5.41, 5.74) is 0.975. The molecule has 1 aromatic carbocycles. The molecular weight excluding hydrogens is 378 g/mol. The number of hydrogen-bond donors (Lipinski definition) is 2. The maximum atomic E-state index is 12.3. The lowest BCUT2D eigenvalue weighted by molar-refractivity contribution is -0.137. The van der Waals surface area contributed by atoms with Crippen molar-refractivity contribution in [1.29, 1.82) is 0 Å². The summed E-state index contributed by atoms with van der Waals surface area (Å²) in [6.45, 7) is 0.686. The maximum absolute atomic E-state index is 12.3. The van der Waals surface area contributed by atoms with Crippen molar-refractivity contribution in [3.63, 3.8) is 0 Å². The van der Waals surface area contributed by atoms with Gasteiger partial charge in [-0.15, -0.1) is 0 Å². The number of halogens is 1. The largest absolute Gasteiger partial charge is 0.481 e. The molecule has 154 valence electrons. The van der Waals surface area contributed by atoms with Gasteiger partial charge < -0.3 is 15.1 Å². The van der Waals surface area contributed by atoms with E-state index in [-0.39, 0.29) is 18.4 Å². The molecule has 5 nitrogen and oxygen atoms in total. The minimum absolute atomic E-state index is 0.0225. The monoisotopic (exact) mass is 407 g/mol. The Kier molecular flexibility index (Phi) is 9.51. The smallest absolute Gasteiger partial charge is 0.303 e. The molecule has 1 heterocycles. The average Bonchev–Trinajstić information content (AvgIpc) is 2.64. The number of likely N-dealkylation sites (tertiary alicyclic amines) is 1. The van der Waals surface area contributed by atoms with Crippen LogP contribution in [0.15, 0.2) is 36.4 Å². The van der Waals surface area contributed by atoms with Crippen LogP contribution in [0.1, 0.15) is 56.9 Å². The number of amides is 1. The number of aliphatic carboxylic acids is 1. The number of unbranched alkanes of at least 4 members (excludes halogenated alkanes) is 3. The van der Waals surface area contributed by atoms with E-state index in [9.17, 15) is 14.7 Å². The zero-order chi connectivity index (χ0) is 20.4. The first-order chi connectivity index (χ1) is 13.5. The first-order valence-corrected chi connectivity index (χ1v) is 10.5. The van der Waals surface area contributed by atoms with Crippen molar-refractivity contribution in [2.75, 3.05) is 6.54 Å². The van der Waals surface area contributed by atoms with Gasteiger partial charge in [0.25, 0.3) is 0 Å². The van der Waals surface area contributed by atoms with E-state index in [0.29, 0.717) is 30.8 Å². The summed E-state index contributed by atoms with van der Waals surface area (Å²) >= 11 is 5.99. The number of carbonyl (C=O) groups excluding carboxylic acids is 1. The van der Waals surface area contributed by atoms with Crippen LogP contribution >= 0.6 is 11.6 Å². The van der Waals surface area contributed by atoms with Gasteiger partial charge in [-0.25, -0.2) is 0 Å². The summed E-state index contributed by atoms with van der Waals surface area (Å²) in [5.74, 6) is -0.594. The summed E-state index contributed by atoms with van der Waals surface area (Å²) < 4.78 is 0. The normalized spacial score (nSPS) is 18.6. The Bertz CT molecular complexity index is 676. The van der Waals surface area contributed by atoms with E-state index in [1.807, 2.05) is 29.2 Å². The number of piperidine rings is 1. The van der Waals surface area contributed by atoms with Crippen molar-refractivity contribution in [3.8, 4) is 0 Å². The van der Waals surface area contributed by atoms with Gasteiger partial charge in [0, 0.05) is 30.8 Å². The van der Waals surface area contributed by atoms with Crippen molar-refractivity contribution < 1.29 is 19.8 Å². The van der Waals surface area contributed by atoms with E-state index in [2.05, 4.69) is 0 Å². The van der Waals surface area contributed by atoms with Gasteiger partial charge in [-0.05, 0) is 43.4 Å². The second-order valence-electron chi connectivity index (χ2n) is 7.39. The molecule has 1 aromatic rings. The maximum Gasteiger partial charge on any atom is 0.303 e. The number of carbonyl (C=O) groups is 2. The third-order valence-electron chi connectivity index (χ3n) is 5.04. The molecule has 2 rings (SSSR count). The fraction of sp³-hybridized carbons (Fsp3) is 0.545. The molecular formula is C22H30ClNO4. The highest BCUT2D eigenvalue weighted by atomic mass is 35.5. The van der Waals surface area contributed by atoms with Crippen LogP contribution in [0.3, 0.4) is 0 Å². The molecule has 1 unspecified atom stereocenters. The fourth-order valence-corrected chi connectivity index (χ4v) is 3.79. The Labute approximate surface area is 172 Å².